The summed E-state index contributed by atoms with van der Waals surface area (Å²) in [5.41, 5.74) is 0. The molecule has 2 amide bonds. The van der Waals surface area contributed by atoms with E-state index >= 15 is 0 Å². The Balaban J connectivity index is 1.84. The number of likely N-dealkylation sites (tertiary alicyclic amines) is 1. The van der Waals surface area contributed by atoms with Crippen molar-refractivity contribution < 1.29 is 19.5 Å². The Morgan fingerprint density at radius 3 is 2.81 bits per heavy atom. The van der Waals surface area contributed by atoms with Crippen molar-refractivity contribution in [1.29, 1.82) is 0 Å². The summed E-state index contributed by atoms with van der Waals surface area (Å²) in [7, 11) is 0. The molecule has 7 heteroatoms. The van der Waals surface area contributed by atoms with Crippen molar-refractivity contribution >= 4 is 29.1 Å². The first kappa shape index (κ1) is 15.5. The third-order valence-electron chi connectivity index (χ3n) is 3.49. The zero-order chi connectivity index (χ0) is 15.4. The van der Waals surface area contributed by atoms with Crippen LogP contribution in [0.3, 0.4) is 0 Å². The molecule has 0 spiro atoms. The highest BCUT2D eigenvalue weighted by atomic mass is 32.1. The number of nitrogens with one attached hydrogen (secondary N) is 1. The summed E-state index contributed by atoms with van der Waals surface area (Å²) in [6.07, 6.45) is 1.28. The van der Waals surface area contributed by atoms with Gasteiger partial charge in [-0.1, -0.05) is 0 Å². The van der Waals surface area contributed by atoms with E-state index in [9.17, 15) is 14.4 Å². The molecule has 0 saturated carbocycles. The number of carboxylic acids is 1. The van der Waals surface area contributed by atoms with E-state index in [4.69, 9.17) is 5.11 Å². The van der Waals surface area contributed by atoms with Crippen LogP contribution in [-0.4, -0.2) is 47.4 Å². The second-order valence-corrected chi connectivity index (χ2v) is 6.40. The number of hydrogen-bond acceptors (Lipinski definition) is 4. The lowest BCUT2D eigenvalue weighted by molar-refractivity contribution is -0.145. The minimum Gasteiger partial charge on any atom is -0.481 e. The van der Waals surface area contributed by atoms with Crippen LogP contribution in [0.5, 0.6) is 0 Å². The molecule has 0 aliphatic carbocycles. The van der Waals surface area contributed by atoms with Gasteiger partial charge in [-0.15, -0.1) is 11.3 Å². The molecule has 0 unspecified atom stereocenters. The van der Waals surface area contributed by atoms with Crippen molar-refractivity contribution in [3.8, 4) is 0 Å². The lowest BCUT2D eigenvalue weighted by atomic mass is 9.98. The first-order chi connectivity index (χ1) is 9.97. The van der Waals surface area contributed by atoms with Gasteiger partial charge in [0, 0.05) is 18.0 Å². The van der Waals surface area contributed by atoms with Gasteiger partial charge in [0.05, 0.1) is 17.3 Å². The monoisotopic (exact) mass is 310 g/mol. The largest absolute Gasteiger partial charge is 0.481 e. The fourth-order valence-electron chi connectivity index (χ4n) is 2.32. The summed E-state index contributed by atoms with van der Waals surface area (Å²) < 4.78 is 0. The Bertz CT molecular complexity index is 555. The van der Waals surface area contributed by atoms with Crippen molar-refractivity contribution in [3.63, 3.8) is 0 Å². The van der Waals surface area contributed by atoms with Gasteiger partial charge in [0.25, 0.3) is 5.91 Å². The van der Waals surface area contributed by atoms with Crippen LogP contribution in [-0.2, 0) is 9.59 Å². The summed E-state index contributed by atoms with van der Waals surface area (Å²) in [6, 6.07) is 3.57. The number of aliphatic carboxylic acids is 1. The lowest BCUT2D eigenvalue weighted by Crippen LogP contribution is -2.46. The molecule has 0 bridgehead atoms. The first-order valence-corrected chi connectivity index (χ1v) is 7.64. The Morgan fingerprint density at radius 1 is 1.43 bits per heavy atom. The Labute approximate surface area is 126 Å². The molecule has 1 fully saturated rings. The van der Waals surface area contributed by atoms with Gasteiger partial charge in [0.1, 0.15) is 0 Å². The maximum atomic E-state index is 12.0. The Hall–Kier alpha value is -1.89. The molecule has 2 rings (SSSR count). The number of rotatable bonds is 4. The molecule has 1 aliphatic heterocycles. The molecule has 1 aromatic rings. The van der Waals surface area contributed by atoms with Crippen LogP contribution in [0.25, 0.3) is 0 Å². The predicted molar refractivity (Wildman–Crippen MR) is 78.3 cm³/mol. The third-order valence-corrected chi connectivity index (χ3v) is 4.49. The van der Waals surface area contributed by atoms with Gasteiger partial charge in [-0.25, -0.2) is 0 Å². The molecule has 1 aromatic heterocycles. The average Bonchev–Trinajstić information content (AvgIpc) is 2.91. The van der Waals surface area contributed by atoms with Crippen molar-refractivity contribution in [2.75, 3.05) is 19.6 Å². The van der Waals surface area contributed by atoms with Gasteiger partial charge in [0.15, 0.2) is 0 Å². The molecule has 1 saturated heterocycles. The summed E-state index contributed by atoms with van der Waals surface area (Å²) >= 11 is 1.37. The van der Waals surface area contributed by atoms with Crippen molar-refractivity contribution in [3.05, 3.63) is 21.9 Å². The maximum Gasteiger partial charge on any atom is 0.308 e. The quantitative estimate of drug-likeness (QED) is 0.872. The Kier molecular flexibility index (Phi) is 4.95. The molecule has 2 N–H and O–H groups in total. The van der Waals surface area contributed by atoms with E-state index in [1.807, 2.05) is 13.0 Å². The van der Waals surface area contributed by atoms with Gasteiger partial charge in [-0.3, -0.25) is 14.4 Å². The van der Waals surface area contributed by atoms with Crippen LogP contribution in [0.2, 0.25) is 0 Å². The van der Waals surface area contributed by atoms with Gasteiger partial charge in [-0.2, -0.15) is 0 Å². The van der Waals surface area contributed by atoms with E-state index in [0.29, 0.717) is 24.3 Å². The van der Waals surface area contributed by atoms with Gasteiger partial charge in [0.2, 0.25) is 5.91 Å². The lowest BCUT2D eigenvalue weighted by Gasteiger charge is -2.30. The molecule has 2 heterocycles. The van der Waals surface area contributed by atoms with Gasteiger partial charge in [-0.05, 0) is 31.9 Å². The fraction of sp³-hybridized carbons (Fsp3) is 0.500. The standard InChI is InChI=1S/C14H18N2O4S/c1-9-4-5-11(21-9)13(18)15-7-12(17)16-6-2-3-10(8-16)14(19)20/h4-5,10H,2-3,6-8H2,1H3,(H,15,18)(H,19,20)/t10-/m0/s1. The van der Waals surface area contributed by atoms with E-state index in [2.05, 4.69) is 5.32 Å². The minimum atomic E-state index is -0.870. The second kappa shape index (κ2) is 6.71. The highest BCUT2D eigenvalue weighted by molar-refractivity contribution is 7.13. The number of hydrogen-bond donors (Lipinski definition) is 2. The fourth-order valence-corrected chi connectivity index (χ4v) is 3.10. The molecule has 0 aromatic carbocycles. The minimum absolute atomic E-state index is 0.0951. The maximum absolute atomic E-state index is 12.0. The average molecular weight is 310 g/mol. The normalized spacial score (nSPS) is 18.3. The number of nitrogens with zero attached hydrogens (tertiary/aromatic N) is 1. The molecular weight excluding hydrogens is 292 g/mol. The molecular formula is C14H18N2O4S. The number of aryl methyl sites for hydroxylation is 1. The second-order valence-electron chi connectivity index (χ2n) is 5.11. The van der Waals surface area contributed by atoms with Gasteiger partial charge < -0.3 is 15.3 Å². The summed E-state index contributed by atoms with van der Waals surface area (Å²) in [5, 5.41) is 11.6. The number of carbonyl (C=O) groups is 3. The zero-order valence-electron chi connectivity index (χ0n) is 11.8. The van der Waals surface area contributed by atoms with Crippen LogP contribution in [0.4, 0.5) is 0 Å². The van der Waals surface area contributed by atoms with Crippen molar-refractivity contribution in [2.45, 2.75) is 19.8 Å². The topological polar surface area (TPSA) is 86.7 Å². The molecule has 21 heavy (non-hydrogen) atoms. The third kappa shape index (κ3) is 4.04. The number of thiophene rings is 1. The number of piperidine rings is 1. The highest BCUT2D eigenvalue weighted by Crippen LogP contribution is 2.17. The van der Waals surface area contributed by atoms with Crippen LogP contribution < -0.4 is 5.32 Å². The summed E-state index contributed by atoms with van der Waals surface area (Å²) in [4.78, 5) is 38.0. The summed E-state index contributed by atoms with van der Waals surface area (Å²) in [5.74, 6) is -1.88. The van der Waals surface area contributed by atoms with Crippen LogP contribution in [0.15, 0.2) is 12.1 Å². The van der Waals surface area contributed by atoms with Crippen molar-refractivity contribution in [1.82, 2.24) is 10.2 Å². The zero-order valence-corrected chi connectivity index (χ0v) is 12.6. The van der Waals surface area contributed by atoms with Gasteiger partial charge >= 0.3 is 5.97 Å². The molecule has 1 atom stereocenters. The van der Waals surface area contributed by atoms with E-state index in [1.54, 1.807) is 6.07 Å². The number of carbonyl (C=O) groups excluding carboxylic acids is 2. The number of amides is 2. The molecule has 114 valence electrons. The van der Waals surface area contributed by atoms with E-state index in [1.165, 1.54) is 16.2 Å². The smallest absolute Gasteiger partial charge is 0.308 e. The predicted octanol–water partition coefficient (Wildman–Crippen LogP) is 1.11. The SMILES string of the molecule is Cc1ccc(C(=O)NCC(=O)N2CCC[C@H](C(=O)O)C2)s1. The molecule has 1 aliphatic rings. The highest BCUT2D eigenvalue weighted by Gasteiger charge is 2.28. The summed E-state index contributed by atoms with van der Waals surface area (Å²) in [6.45, 7) is 2.59. The van der Waals surface area contributed by atoms with E-state index in [-0.39, 0.29) is 24.9 Å². The first-order valence-electron chi connectivity index (χ1n) is 6.82. The van der Waals surface area contributed by atoms with E-state index < -0.39 is 11.9 Å². The van der Waals surface area contributed by atoms with Crippen LogP contribution in [0, 0.1) is 12.8 Å². The molecule has 6 nitrogen and oxygen atoms in total. The number of carboxylic acid groups (broad SMARTS) is 1. The van der Waals surface area contributed by atoms with E-state index in [0.717, 1.165) is 4.88 Å². The van der Waals surface area contributed by atoms with Crippen LogP contribution >= 0.6 is 11.3 Å². The van der Waals surface area contributed by atoms with Crippen molar-refractivity contribution in [2.24, 2.45) is 5.92 Å². The molecule has 0 radical (unpaired) electrons. The van der Waals surface area contributed by atoms with Crippen LogP contribution in [0.1, 0.15) is 27.4 Å². The Morgan fingerprint density at radius 2 is 2.19 bits per heavy atom.